The molecular weight excluding hydrogens is 862 g/mol. The van der Waals surface area contributed by atoms with Gasteiger partial charge in [0.25, 0.3) is 5.91 Å². The van der Waals surface area contributed by atoms with Crippen molar-refractivity contribution in [2.45, 2.75) is 126 Å². The maximum atomic E-state index is 15.1. The third kappa shape index (κ3) is 9.58. The first-order valence-corrected chi connectivity index (χ1v) is 23.5. The van der Waals surface area contributed by atoms with Gasteiger partial charge in [0.05, 0.1) is 43.5 Å². The molecule has 0 radical (unpaired) electrons. The molecular formula is C44H59F3N6O10S. The minimum absolute atomic E-state index is 0.0419. The van der Waals surface area contributed by atoms with Crippen molar-refractivity contribution in [2.24, 2.45) is 17.8 Å². The summed E-state index contributed by atoms with van der Waals surface area (Å²) in [5.41, 5.74) is -3.73. The van der Waals surface area contributed by atoms with E-state index in [-0.39, 0.29) is 31.2 Å². The molecule has 0 bridgehead atoms. The van der Waals surface area contributed by atoms with Gasteiger partial charge in [0.15, 0.2) is 0 Å². The summed E-state index contributed by atoms with van der Waals surface area (Å²) in [5.74, 6) is -2.84. The second-order valence-electron chi connectivity index (χ2n) is 18.6. The van der Waals surface area contributed by atoms with Crippen LogP contribution in [0.5, 0.6) is 11.6 Å². The van der Waals surface area contributed by atoms with Gasteiger partial charge in [-0.25, -0.2) is 18.2 Å². The van der Waals surface area contributed by atoms with Crippen molar-refractivity contribution in [1.29, 1.82) is 0 Å². The molecule has 4 amide bonds. The molecule has 5 aliphatic rings. The van der Waals surface area contributed by atoms with Crippen molar-refractivity contribution < 1.29 is 59.7 Å². The summed E-state index contributed by atoms with van der Waals surface area (Å²) < 4.78 is 92.0. The minimum Gasteiger partial charge on any atom is -0.497 e. The number of ether oxygens (including phenoxy) is 4. The lowest BCUT2D eigenvalue weighted by Gasteiger charge is -2.35. The molecule has 352 valence electrons. The average Bonchev–Trinajstić information content (AvgIpc) is 4.13. The van der Waals surface area contributed by atoms with Crippen LogP contribution in [0, 0.1) is 17.8 Å². The first kappa shape index (κ1) is 47.1. The minimum atomic E-state index is -4.92. The predicted octanol–water partition coefficient (Wildman–Crippen LogP) is 5.14. The zero-order valence-corrected chi connectivity index (χ0v) is 37.9. The summed E-state index contributed by atoms with van der Waals surface area (Å²) in [6.07, 6.45) is 0.668. The summed E-state index contributed by atoms with van der Waals surface area (Å²) >= 11 is 0. The van der Waals surface area contributed by atoms with Gasteiger partial charge in [-0.1, -0.05) is 32.4 Å². The summed E-state index contributed by atoms with van der Waals surface area (Å²) in [7, 11) is -2.54. The zero-order valence-electron chi connectivity index (χ0n) is 37.1. The summed E-state index contributed by atoms with van der Waals surface area (Å²) in [6.45, 7) is 8.80. The Hall–Kier alpha value is -4.85. The number of benzene rings is 1. The number of rotatable bonds is 10. The molecule has 4 fully saturated rings. The van der Waals surface area contributed by atoms with Crippen LogP contribution in [0.25, 0.3) is 10.8 Å². The van der Waals surface area contributed by atoms with Crippen molar-refractivity contribution in [2.75, 3.05) is 44.9 Å². The van der Waals surface area contributed by atoms with E-state index >= 15 is 4.79 Å². The number of anilines is 1. The Labute approximate surface area is 371 Å². The predicted molar refractivity (Wildman–Crippen MR) is 229 cm³/mol. The Bertz CT molecular complexity index is 2270. The number of alkyl carbamates (subject to hydrolysis) is 1. The van der Waals surface area contributed by atoms with Crippen molar-refractivity contribution in [3.63, 3.8) is 0 Å². The molecule has 2 saturated heterocycles. The fourth-order valence-corrected chi connectivity index (χ4v) is 10.2. The molecule has 1 aromatic carbocycles. The number of nitrogens with one attached hydrogen (secondary N) is 3. The topological polar surface area (TPSA) is 195 Å². The normalized spacial score (nSPS) is 29.3. The zero-order chi connectivity index (χ0) is 46.4. The van der Waals surface area contributed by atoms with Crippen LogP contribution in [-0.4, -0.2) is 122 Å². The van der Waals surface area contributed by atoms with E-state index in [1.807, 2.05) is 19.1 Å². The fourth-order valence-electron chi connectivity index (χ4n) is 8.88. The smallest absolute Gasteiger partial charge is 0.427 e. The van der Waals surface area contributed by atoms with E-state index in [0.717, 1.165) is 11.1 Å². The van der Waals surface area contributed by atoms with E-state index in [9.17, 15) is 36.0 Å². The molecule has 0 spiro atoms. The number of aromatic nitrogens is 1. The number of carbonyl (C=O) groups excluding carboxylic acids is 4. The van der Waals surface area contributed by atoms with Crippen molar-refractivity contribution in [3.8, 4) is 11.6 Å². The number of hydrogen-bond donors (Lipinski definition) is 3. The van der Waals surface area contributed by atoms with Gasteiger partial charge in [0.2, 0.25) is 33.3 Å². The molecule has 20 heteroatoms. The van der Waals surface area contributed by atoms with Gasteiger partial charge in [-0.3, -0.25) is 19.1 Å². The molecule has 16 nitrogen and oxygen atoms in total. The van der Waals surface area contributed by atoms with Gasteiger partial charge in [0, 0.05) is 36.2 Å². The number of nitrogens with zero attached hydrogens (tertiary/aromatic N) is 3. The number of amides is 4. The standard InChI is InChI=1S/C44H59F3N6O10S/c1-7-27-20-26(2)10-8-9-11-28-23-43(28,39(56)51-64(58,59)42(5)14-15-42)50-36(54)33-22-30(25-53(33)38(55)35(27)49-40(57)63-41(3,4)44(45,46)47)62-37-31-13-12-29(60-6)21-32(31)34(24-48-37)52-16-18-61-19-17-52/h9,11-13,21,24,26-28,30,33,35H,7-8,10,14-20,22-23,25H2,1-6H3,(H,49,57)(H,50,54)(H,51,56)/b11-9-/t26-,27-,28-,30-,33?,35+,43-/m1/s1. The molecule has 64 heavy (non-hydrogen) atoms. The largest absolute Gasteiger partial charge is 0.497 e. The number of pyridine rings is 1. The van der Waals surface area contributed by atoms with Crippen LogP contribution < -0.4 is 29.7 Å². The van der Waals surface area contributed by atoms with E-state index in [4.69, 9.17) is 23.9 Å². The molecule has 2 saturated carbocycles. The molecule has 2 aliphatic carbocycles. The molecule has 3 N–H and O–H groups in total. The van der Waals surface area contributed by atoms with E-state index < -0.39 is 85.9 Å². The van der Waals surface area contributed by atoms with Crippen LogP contribution >= 0.6 is 0 Å². The number of morpholine rings is 1. The van der Waals surface area contributed by atoms with Crippen molar-refractivity contribution in [3.05, 3.63) is 36.5 Å². The van der Waals surface area contributed by atoms with Gasteiger partial charge in [-0.15, -0.1) is 0 Å². The number of alkyl halides is 3. The summed E-state index contributed by atoms with van der Waals surface area (Å²) in [6, 6.07) is 2.64. The van der Waals surface area contributed by atoms with Gasteiger partial charge in [0.1, 0.15) is 29.5 Å². The third-order valence-electron chi connectivity index (χ3n) is 13.6. The maximum absolute atomic E-state index is 15.1. The lowest BCUT2D eigenvalue weighted by atomic mass is 9.85. The van der Waals surface area contributed by atoms with Crippen LogP contribution in [0.1, 0.15) is 86.0 Å². The van der Waals surface area contributed by atoms with E-state index in [1.54, 1.807) is 45.4 Å². The Morgan fingerprint density at radius 1 is 1.09 bits per heavy atom. The number of halogens is 3. The van der Waals surface area contributed by atoms with Crippen LogP contribution in [0.3, 0.4) is 0 Å². The number of methoxy groups -OCH3 is 1. The Morgan fingerprint density at radius 2 is 1.81 bits per heavy atom. The van der Waals surface area contributed by atoms with Gasteiger partial charge in [-0.05, 0) is 89.3 Å². The average molecular weight is 921 g/mol. The van der Waals surface area contributed by atoms with E-state index in [1.165, 1.54) is 4.90 Å². The Kier molecular flexibility index (Phi) is 13.1. The SMILES string of the molecule is CC[C@@H]1C[C@H](C)CC/C=C\[C@@H]2C[C@@]2(C(=O)NS(=O)(=O)C2(C)CC2)NC(=O)C2C[C@@H](Oc3ncc(N4CCOCC4)c4cc(OC)ccc34)CN2C(=O)[C@H]1NC(=O)OC(C)(C)C(F)(F)F. The highest BCUT2D eigenvalue weighted by atomic mass is 32.2. The van der Waals surface area contributed by atoms with Crippen molar-refractivity contribution >= 4 is 50.3 Å². The molecule has 7 atom stereocenters. The molecule has 1 aromatic heterocycles. The molecule has 7 rings (SSSR count). The fraction of sp³-hybridized carbons (Fsp3) is 0.659. The lowest BCUT2D eigenvalue weighted by Crippen LogP contribution is -2.60. The number of allylic oxidation sites excluding steroid dienone is 1. The first-order chi connectivity index (χ1) is 30.1. The van der Waals surface area contributed by atoms with Crippen LogP contribution in [0.15, 0.2) is 36.5 Å². The summed E-state index contributed by atoms with van der Waals surface area (Å²) in [4.78, 5) is 65.3. The number of carbonyl (C=O) groups is 4. The highest BCUT2D eigenvalue weighted by molar-refractivity contribution is 7.91. The third-order valence-corrected chi connectivity index (χ3v) is 15.7. The second kappa shape index (κ2) is 17.9. The molecule has 4 heterocycles. The summed E-state index contributed by atoms with van der Waals surface area (Å²) in [5, 5.41) is 6.68. The van der Waals surface area contributed by atoms with Gasteiger partial charge < -0.3 is 39.4 Å². The van der Waals surface area contributed by atoms with Crippen LogP contribution in [-0.2, 0) is 33.9 Å². The highest BCUT2D eigenvalue weighted by Crippen LogP contribution is 2.48. The number of hydrogen-bond acceptors (Lipinski definition) is 12. The Morgan fingerprint density at radius 3 is 2.47 bits per heavy atom. The highest BCUT2D eigenvalue weighted by Gasteiger charge is 2.63. The van der Waals surface area contributed by atoms with E-state index in [0.29, 0.717) is 89.8 Å². The lowest BCUT2D eigenvalue weighted by molar-refractivity contribution is -0.244. The van der Waals surface area contributed by atoms with E-state index in [2.05, 4.69) is 20.3 Å². The van der Waals surface area contributed by atoms with Crippen molar-refractivity contribution in [1.82, 2.24) is 25.2 Å². The molecule has 1 unspecified atom stereocenters. The van der Waals surface area contributed by atoms with Gasteiger partial charge >= 0.3 is 12.3 Å². The Balaban J connectivity index is 1.25. The monoisotopic (exact) mass is 920 g/mol. The molecule has 3 aliphatic heterocycles. The number of sulfonamides is 1. The van der Waals surface area contributed by atoms with Gasteiger partial charge in [-0.2, -0.15) is 13.2 Å². The number of fused-ring (bicyclic) bond motifs is 3. The van der Waals surface area contributed by atoms with Crippen LogP contribution in [0.4, 0.5) is 23.7 Å². The maximum Gasteiger partial charge on any atom is 0.427 e. The quantitative estimate of drug-likeness (QED) is 0.266. The van der Waals surface area contributed by atoms with Crippen LogP contribution in [0.2, 0.25) is 0 Å². The first-order valence-electron chi connectivity index (χ1n) is 22.0. The second-order valence-corrected chi connectivity index (χ2v) is 20.8. The molecule has 2 aromatic rings.